The van der Waals surface area contributed by atoms with Crippen LogP contribution in [-0.4, -0.2) is 10.3 Å². The molecule has 262 valence electrons. The fourth-order valence-electron chi connectivity index (χ4n) is 9.19. The van der Waals surface area contributed by atoms with Crippen LogP contribution >= 0.6 is 11.8 Å². The van der Waals surface area contributed by atoms with Crippen molar-refractivity contribution >= 4 is 66.7 Å². The number of hydrogen-bond donors (Lipinski definition) is 0. The van der Waals surface area contributed by atoms with Crippen LogP contribution < -0.4 is 0 Å². The summed E-state index contributed by atoms with van der Waals surface area (Å²) in [5.74, 6) is 0.872. The number of fused-ring (bicyclic) bond motifs is 11. The Morgan fingerprint density at radius 3 is 2.18 bits per heavy atom. The van der Waals surface area contributed by atoms with Gasteiger partial charge in [0.05, 0.1) is 11.0 Å². The Morgan fingerprint density at radius 1 is 0.618 bits per heavy atom. The lowest BCUT2D eigenvalue weighted by Gasteiger charge is -2.22. The van der Waals surface area contributed by atoms with Crippen LogP contribution in [-0.2, 0) is 5.41 Å². The summed E-state index contributed by atoms with van der Waals surface area (Å²) in [7, 11) is 0. The standard InChI is InChI=1S/C52H37NOS/c1-32-12-11-13-36(31-55-49-19-10-8-16-38(32)49)35-22-26-46-43(30-35)42-29-34(21-25-45(42)53(46)37-14-5-4-6-15-37)33-20-24-44-41(28-33)39-23-27-48-50(51(39)52(44,2)3)40-17-7-9-18-47(40)54-48/h4-30H,1,31H2,2-3H3/b12-11-,36-13+. The molecule has 2 nitrogen and oxygen atoms in total. The van der Waals surface area contributed by atoms with E-state index in [0.29, 0.717) is 0 Å². The fraction of sp³-hybridized carbons (Fsp3) is 0.0769. The minimum Gasteiger partial charge on any atom is -0.456 e. The van der Waals surface area contributed by atoms with E-state index in [2.05, 4.69) is 189 Å². The second kappa shape index (κ2) is 12.1. The summed E-state index contributed by atoms with van der Waals surface area (Å²) in [5, 5.41) is 4.92. The highest BCUT2D eigenvalue weighted by atomic mass is 32.2. The molecule has 0 amide bonds. The lowest BCUT2D eigenvalue weighted by Crippen LogP contribution is -2.15. The number of benzene rings is 7. The number of nitrogens with zero attached hydrogens (tertiary/aromatic N) is 1. The number of para-hydroxylation sites is 2. The molecule has 1 aliphatic carbocycles. The van der Waals surface area contributed by atoms with E-state index >= 15 is 0 Å². The molecule has 0 fully saturated rings. The summed E-state index contributed by atoms with van der Waals surface area (Å²) in [6.45, 7) is 9.08. The van der Waals surface area contributed by atoms with Gasteiger partial charge in [0.1, 0.15) is 11.2 Å². The van der Waals surface area contributed by atoms with Gasteiger partial charge in [-0.25, -0.2) is 0 Å². The van der Waals surface area contributed by atoms with E-state index in [1.807, 2.05) is 11.8 Å². The van der Waals surface area contributed by atoms with E-state index in [1.54, 1.807) is 0 Å². The number of aromatic nitrogens is 1. The first kappa shape index (κ1) is 32.2. The lowest BCUT2D eigenvalue weighted by atomic mass is 9.80. The van der Waals surface area contributed by atoms with Gasteiger partial charge >= 0.3 is 0 Å². The lowest BCUT2D eigenvalue weighted by molar-refractivity contribution is 0.657. The molecule has 0 radical (unpaired) electrons. The highest BCUT2D eigenvalue weighted by Crippen LogP contribution is 2.54. The molecule has 11 rings (SSSR count). The molecule has 0 atom stereocenters. The molecule has 2 aliphatic rings. The first-order chi connectivity index (χ1) is 26.9. The molecule has 55 heavy (non-hydrogen) atoms. The van der Waals surface area contributed by atoms with Gasteiger partial charge < -0.3 is 8.98 Å². The number of allylic oxidation sites excluding steroid dienone is 4. The molecule has 0 saturated carbocycles. The summed E-state index contributed by atoms with van der Waals surface area (Å²) in [6.07, 6.45) is 6.55. The second-order valence-corrected chi connectivity index (χ2v) is 16.4. The van der Waals surface area contributed by atoms with Crippen molar-refractivity contribution < 1.29 is 4.42 Å². The highest BCUT2D eigenvalue weighted by Gasteiger charge is 2.38. The second-order valence-electron chi connectivity index (χ2n) is 15.3. The number of hydrogen-bond acceptors (Lipinski definition) is 2. The molecule has 3 heterocycles. The summed E-state index contributed by atoms with van der Waals surface area (Å²) in [4.78, 5) is 1.26. The van der Waals surface area contributed by atoms with E-state index in [9.17, 15) is 0 Å². The monoisotopic (exact) mass is 723 g/mol. The quantitative estimate of drug-likeness (QED) is 0.181. The molecule has 2 aromatic heterocycles. The average Bonchev–Trinajstić information content (AvgIpc) is 3.85. The Labute approximate surface area is 324 Å². The van der Waals surface area contributed by atoms with E-state index in [-0.39, 0.29) is 5.41 Å². The molecule has 0 unspecified atom stereocenters. The zero-order valence-corrected chi connectivity index (χ0v) is 31.6. The van der Waals surface area contributed by atoms with Crippen molar-refractivity contribution in [2.45, 2.75) is 24.2 Å². The van der Waals surface area contributed by atoms with Crippen LogP contribution in [0.3, 0.4) is 0 Å². The Bertz CT molecular complexity index is 3130. The molecule has 3 heteroatoms. The van der Waals surface area contributed by atoms with Crippen LogP contribution in [0.2, 0.25) is 0 Å². The Balaban J connectivity index is 1.07. The first-order valence-corrected chi connectivity index (χ1v) is 19.9. The van der Waals surface area contributed by atoms with Crippen LogP contribution in [0.1, 0.15) is 36.1 Å². The van der Waals surface area contributed by atoms with E-state index in [1.165, 1.54) is 87.6 Å². The molecule has 0 bridgehead atoms. The van der Waals surface area contributed by atoms with Gasteiger partial charge in [0.15, 0.2) is 0 Å². The van der Waals surface area contributed by atoms with Gasteiger partial charge in [-0.05, 0) is 116 Å². The first-order valence-electron chi connectivity index (χ1n) is 19.0. The van der Waals surface area contributed by atoms with Crippen LogP contribution in [0, 0.1) is 0 Å². The van der Waals surface area contributed by atoms with Gasteiger partial charge in [-0.3, -0.25) is 0 Å². The normalized spacial score (nSPS) is 16.3. The predicted octanol–water partition coefficient (Wildman–Crippen LogP) is 14.4. The van der Waals surface area contributed by atoms with Gasteiger partial charge in [0, 0.05) is 43.3 Å². The average molecular weight is 724 g/mol. The van der Waals surface area contributed by atoms with Crippen LogP contribution in [0.5, 0.6) is 0 Å². The smallest absolute Gasteiger partial charge is 0.135 e. The molecule has 1 aliphatic heterocycles. The number of rotatable bonds is 3. The fourth-order valence-corrected chi connectivity index (χ4v) is 10.3. The van der Waals surface area contributed by atoms with Crippen molar-refractivity contribution in [2.75, 3.05) is 5.75 Å². The highest BCUT2D eigenvalue weighted by molar-refractivity contribution is 7.99. The van der Waals surface area contributed by atoms with E-state index in [0.717, 1.165) is 28.2 Å². The molecular formula is C52H37NOS. The predicted molar refractivity (Wildman–Crippen MR) is 234 cm³/mol. The summed E-state index contributed by atoms with van der Waals surface area (Å²) >= 11 is 1.88. The zero-order valence-electron chi connectivity index (χ0n) is 30.8. The number of thioether (sulfide) groups is 1. The van der Waals surface area contributed by atoms with Crippen molar-refractivity contribution in [1.82, 2.24) is 4.57 Å². The third-order valence-electron chi connectivity index (χ3n) is 11.8. The summed E-state index contributed by atoms with van der Waals surface area (Å²) < 4.78 is 8.75. The van der Waals surface area contributed by atoms with Crippen LogP contribution in [0.15, 0.2) is 180 Å². The third kappa shape index (κ3) is 4.89. The van der Waals surface area contributed by atoms with Crippen LogP contribution in [0.25, 0.3) is 82.8 Å². The van der Waals surface area contributed by atoms with Crippen molar-refractivity contribution in [1.29, 1.82) is 0 Å². The number of furan rings is 1. The molecule has 0 saturated heterocycles. The van der Waals surface area contributed by atoms with Crippen molar-refractivity contribution in [3.05, 3.63) is 193 Å². The summed E-state index contributed by atoms with van der Waals surface area (Å²) in [6, 6.07) is 53.3. The zero-order chi connectivity index (χ0) is 36.8. The maximum Gasteiger partial charge on any atom is 0.135 e. The molecule has 0 N–H and O–H groups in total. The molecular weight excluding hydrogens is 687 g/mol. The minimum atomic E-state index is -0.160. The maximum absolute atomic E-state index is 6.34. The van der Waals surface area contributed by atoms with E-state index < -0.39 is 0 Å². The topological polar surface area (TPSA) is 18.1 Å². The van der Waals surface area contributed by atoms with Gasteiger partial charge in [0.25, 0.3) is 0 Å². The largest absolute Gasteiger partial charge is 0.456 e. The molecule has 7 aromatic carbocycles. The molecule has 9 aromatic rings. The van der Waals surface area contributed by atoms with Gasteiger partial charge in [-0.1, -0.05) is 124 Å². The Kier molecular flexibility index (Phi) is 7.08. The maximum atomic E-state index is 6.34. The summed E-state index contributed by atoms with van der Waals surface area (Å²) in [5.41, 5.74) is 17.8. The van der Waals surface area contributed by atoms with Crippen molar-refractivity contribution in [3.8, 4) is 27.9 Å². The van der Waals surface area contributed by atoms with Gasteiger partial charge in [0.2, 0.25) is 0 Å². The van der Waals surface area contributed by atoms with E-state index in [4.69, 9.17) is 4.42 Å². The third-order valence-corrected chi connectivity index (χ3v) is 13.0. The Morgan fingerprint density at radius 2 is 1.33 bits per heavy atom. The van der Waals surface area contributed by atoms with Crippen LogP contribution in [0.4, 0.5) is 0 Å². The van der Waals surface area contributed by atoms with Crippen molar-refractivity contribution in [3.63, 3.8) is 0 Å². The minimum absolute atomic E-state index is 0.160. The van der Waals surface area contributed by atoms with Gasteiger partial charge in [-0.15, -0.1) is 11.8 Å². The molecule has 0 spiro atoms. The van der Waals surface area contributed by atoms with Crippen molar-refractivity contribution in [2.24, 2.45) is 0 Å². The van der Waals surface area contributed by atoms with Gasteiger partial charge in [-0.2, -0.15) is 0 Å². The SMILES string of the molecule is C=C1/C=C\C=C(\c2ccc3c(c2)c2cc(-c4ccc5c(c4)-c4ccc6oc7ccccc7c6c4C5(C)C)ccc2n3-c2ccccc2)CSc2ccccc21. The Hall–Kier alpha value is -6.29.